The summed E-state index contributed by atoms with van der Waals surface area (Å²) in [5, 5.41) is 3.34. The Kier molecular flexibility index (Phi) is 3.98. The van der Waals surface area contributed by atoms with Crippen LogP contribution >= 0.6 is 11.8 Å². The lowest BCUT2D eigenvalue weighted by molar-refractivity contribution is 0.614. The van der Waals surface area contributed by atoms with E-state index in [1.165, 1.54) is 17.7 Å². The molecule has 1 aromatic carbocycles. The molecular weight excluding hydrogens is 273 g/mol. The molecule has 0 radical (unpaired) electrons. The fourth-order valence-corrected chi connectivity index (χ4v) is 3.11. The summed E-state index contributed by atoms with van der Waals surface area (Å²) >= 11 is 1.63. The number of nitrogens with one attached hydrogen (secondary N) is 1. The molecule has 3 nitrogen and oxygen atoms in total. The molecule has 1 N–H and O–H groups in total. The molecule has 0 unspecified atom stereocenters. The average molecular weight is 289 g/mol. The van der Waals surface area contributed by atoms with Gasteiger partial charge in [0.05, 0.1) is 11.4 Å². The molecule has 0 bridgehead atoms. The molecule has 1 aliphatic heterocycles. The van der Waals surface area contributed by atoms with Crippen molar-refractivity contribution in [3.05, 3.63) is 52.9 Å². The maximum atomic E-state index is 12.9. The van der Waals surface area contributed by atoms with Gasteiger partial charge in [-0.2, -0.15) is 0 Å². The van der Waals surface area contributed by atoms with Gasteiger partial charge >= 0.3 is 0 Å². The van der Waals surface area contributed by atoms with E-state index in [1.807, 2.05) is 0 Å². The first-order valence-electron chi connectivity index (χ1n) is 6.67. The smallest absolute Gasteiger partial charge is 0.139 e. The first-order valence-corrected chi connectivity index (χ1v) is 7.65. The third kappa shape index (κ3) is 2.99. The highest BCUT2D eigenvalue weighted by molar-refractivity contribution is 7.98. The number of hydrogen-bond acceptors (Lipinski definition) is 4. The Hall–Kier alpha value is -1.46. The molecule has 5 heteroatoms. The molecule has 2 aromatic rings. The van der Waals surface area contributed by atoms with Crippen molar-refractivity contribution in [1.29, 1.82) is 0 Å². The normalized spacial score (nSPS) is 14.1. The Bertz CT molecular complexity index is 613. The molecule has 0 amide bonds. The van der Waals surface area contributed by atoms with Crippen molar-refractivity contribution < 1.29 is 4.39 Å². The average Bonchev–Trinajstić information content (AvgIpc) is 2.47. The Balaban J connectivity index is 1.74. The number of aryl methyl sites for hydroxylation is 1. The molecule has 3 rings (SSSR count). The van der Waals surface area contributed by atoms with Gasteiger partial charge in [0.1, 0.15) is 11.6 Å². The number of thioether (sulfide) groups is 1. The summed E-state index contributed by atoms with van der Waals surface area (Å²) in [4.78, 5) is 10.3. The summed E-state index contributed by atoms with van der Waals surface area (Å²) in [6.07, 6.45) is 1.01. The van der Waals surface area contributed by atoms with Crippen LogP contribution < -0.4 is 5.32 Å². The van der Waals surface area contributed by atoms with E-state index in [1.54, 1.807) is 23.9 Å². The summed E-state index contributed by atoms with van der Waals surface area (Å²) < 4.78 is 12.9. The lowest BCUT2D eigenvalue weighted by Crippen LogP contribution is -2.26. The molecule has 20 heavy (non-hydrogen) atoms. The third-order valence-corrected chi connectivity index (χ3v) is 4.38. The van der Waals surface area contributed by atoms with Crippen LogP contribution in [0.25, 0.3) is 0 Å². The molecule has 1 aromatic heterocycles. The Labute approximate surface area is 122 Å². The van der Waals surface area contributed by atoms with E-state index >= 15 is 0 Å². The van der Waals surface area contributed by atoms with Gasteiger partial charge in [-0.05, 0) is 49.7 Å². The van der Waals surface area contributed by atoms with E-state index in [-0.39, 0.29) is 5.82 Å². The minimum atomic E-state index is -0.207. The van der Waals surface area contributed by atoms with Crippen molar-refractivity contribution in [3.63, 3.8) is 0 Å². The summed E-state index contributed by atoms with van der Waals surface area (Å²) in [6.45, 7) is 3.88. The molecule has 1 aliphatic rings. The monoisotopic (exact) mass is 289 g/mol. The maximum Gasteiger partial charge on any atom is 0.139 e. The zero-order chi connectivity index (χ0) is 13.9. The van der Waals surface area contributed by atoms with Crippen LogP contribution in [0.5, 0.6) is 0 Å². The van der Waals surface area contributed by atoms with Crippen molar-refractivity contribution in [2.24, 2.45) is 0 Å². The first-order chi connectivity index (χ1) is 9.72. The predicted molar refractivity (Wildman–Crippen MR) is 78.1 cm³/mol. The number of nitrogens with zero attached hydrogens (tertiary/aromatic N) is 2. The van der Waals surface area contributed by atoms with Crippen LogP contribution in [0.4, 0.5) is 4.39 Å². The number of aromatic nitrogens is 2. The van der Waals surface area contributed by atoms with E-state index in [9.17, 15) is 4.39 Å². The van der Waals surface area contributed by atoms with Crippen molar-refractivity contribution in [1.82, 2.24) is 15.3 Å². The lowest BCUT2D eigenvalue weighted by atomic mass is 10.1. The molecule has 0 saturated carbocycles. The number of rotatable bonds is 3. The van der Waals surface area contributed by atoms with Gasteiger partial charge in [-0.3, -0.25) is 0 Å². The largest absolute Gasteiger partial charge is 0.311 e. The molecule has 104 valence electrons. The van der Waals surface area contributed by atoms with Crippen LogP contribution in [0, 0.1) is 12.7 Å². The molecule has 0 atom stereocenters. The fraction of sp³-hybridized carbons (Fsp3) is 0.333. The zero-order valence-corrected chi connectivity index (χ0v) is 12.1. The second-order valence-corrected chi connectivity index (χ2v) is 5.87. The van der Waals surface area contributed by atoms with Crippen molar-refractivity contribution >= 4 is 11.8 Å². The second kappa shape index (κ2) is 5.89. The summed E-state index contributed by atoms with van der Waals surface area (Å²) in [7, 11) is 0. The quantitative estimate of drug-likeness (QED) is 0.882. The Morgan fingerprint density at radius 2 is 2.05 bits per heavy atom. The third-order valence-electron chi connectivity index (χ3n) is 3.37. The topological polar surface area (TPSA) is 37.8 Å². The second-order valence-electron chi connectivity index (χ2n) is 4.82. The summed E-state index contributed by atoms with van der Waals surface area (Å²) in [5.74, 6) is 1.35. The van der Waals surface area contributed by atoms with Gasteiger partial charge in [-0.25, -0.2) is 14.4 Å². The van der Waals surface area contributed by atoms with E-state index in [2.05, 4.69) is 22.2 Å². The van der Waals surface area contributed by atoms with E-state index in [0.29, 0.717) is 5.75 Å². The first kappa shape index (κ1) is 13.5. The molecule has 0 fully saturated rings. The van der Waals surface area contributed by atoms with Gasteiger partial charge in [0, 0.05) is 17.1 Å². The number of halogens is 1. The Morgan fingerprint density at radius 3 is 2.85 bits per heavy atom. The molecule has 0 saturated heterocycles. The van der Waals surface area contributed by atoms with Gasteiger partial charge in [-0.15, -0.1) is 11.8 Å². The van der Waals surface area contributed by atoms with Crippen LogP contribution in [0.2, 0.25) is 0 Å². The van der Waals surface area contributed by atoms with Gasteiger partial charge in [0.2, 0.25) is 0 Å². The van der Waals surface area contributed by atoms with Crippen LogP contribution in [0.15, 0.2) is 29.2 Å². The van der Waals surface area contributed by atoms with Gasteiger partial charge in [0.15, 0.2) is 0 Å². The number of hydrogen-bond donors (Lipinski definition) is 1. The minimum absolute atomic E-state index is 0.207. The molecule has 0 aliphatic carbocycles. The maximum absolute atomic E-state index is 12.9. The van der Waals surface area contributed by atoms with Crippen molar-refractivity contribution in [3.8, 4) is 0 Å². The number of fused-ring (bicyclic) bond motifs is 1. The fourth-order valence-electron chi connectivity index (χ4n) is 2.35. The highest BCUT2D eigenvalue weighted by Gasteiger charge is 2.15. The van der Waals surface area contributed by atoms with Gasteiger partial charge < -0.3 is 5.32 Å². The summed E-state index contributed by atoms with van der Waals surface area (Å²) in [6, 6.07) is 6.52. The lowest BCUT2D eigenvalue weighted by Gasteiger charge is -2.18. The molecule has 2 heterocycles. The summed E-state index contributed by atoms with van der Waals surface area (Å²) in [5.41, 5.74) is 3.50. The van der Waals surface area contributed by atoms with Crippen LogP contribution in [-0.2, 0) is 18.7 Å². The SMILES string of the molecule is Cc1nc(CSc2ccc(F)cc2)nc2c1CCNC2. The number of benzene rings is 1. The minimum Gasteiger partial charge on any atom is -0.311 e. The zero-order valence-electron chi connectivity index (χ0n) is 11.3. The molecule has 0 spiro atoms. The Morgan fingerprint density at radius 1 is 1.25 bits per heavy atom. The van der Waals surface area contributed by atoms with Crippen LogP contribution in [0.1, 0.15) is 22.8 Å². The van der Waals surface area contributed by atoms with Crippen molar-refractivity contribution in [2.75, 3.05) is 6.54 Å². The van der Waals surface area contributed by atoms with E-state index in [4.69, 9.17) is 0 Å². The highest BCUT2D eigenvalue weighted by Crippen LogP contribution is 2.23. The van der Waals surface area contributed by atoms with Crippen molar-refractivity contribution in [2.45, 2.75) is 30.5 Å². The van der Waals surface area contributed by atoms with E-state index in [0.717, 1.165) is 41.6 Å². The van der Waals surface area contributed by atoms with E-state index < -0.39 is 0 Å². The van der Waals surface area contributed by atoms with Gasteiger partial charge in [-0.1, -0.05) is 0 Å². The molecular formula is C15H16FN3S. The predicted octanol–water partition coefficient (Wildman–Crippen LogP) is 2.86. The van der Waals surface area contributed by atoms with Gasteiger partial charge in [0.25, 0.3) is 0 Å². The van der Waals surface area contributed by atoms with Crippen LogP contribution in [0.3, 0.4) is 0 Å². The van der Waals surface area contributed by atoms with Crippen LogP contribution in [-0.4, -0.2) is 16.5 Å². The highest BCUT2D eigenvalue weighted by atomic mass is 32.2. The standard InChI is InChI=1S/C15H16FN3S/c1-10-13-6-7-17-8-14(13)19-15(18-10)9-20-12-4-2-11(16)3-5-12/h2-5,17H,6-9H2,1H3.